The number of halogens is 3. The molecule has 0 aliphatic carbocycles. The van der Waals surface area contributed by atoms with Gasteiger partial charge in [-0.1, -0.05) is 6.92 Å². The molecule has 0 fully saturated rings. The number of hydrogen-bond donors (Lipinski definition) is 0. The van der Waals surface area contributed by atoms with Gasteiger partial charge in [0.05, 0.1) is 17.2 Å². The van der Waals surface area contributed by atoms with Crippen molar-refractivity contribution in [2.75, 3.05) is 0 Å². The predicted octanol–water partition coefficient (Wildman–Crippen LogP) is 3.34. The zero-order valence-electron chi connectivity index (χ0n) is 9.35. The minimum atomic E-state index is -4.55. The maximum atomic E-state index is 12.8. The smallest absolute Gasteiger partial charge is 0.295 e. The van der Waals surface area contributed by atoms with Gasteiger partial charge in [-0.25, -0.2) is 0 Å². The van der Waals surface area contributed by atoms with Crippen molar-refractivity contribution >= 4 is 5.78 Å². The molecule has 1 aromatic carbocycles. The summed E-state index contributed by atoms with van der Waals surface area (Å²) in [7, 11) is 0. The average Bonchev–Trinajstić information content (AvgIpc) is 2.25. The second-order valence-corrected chi connectivity index (χ2v) is 3.57. The molecule has 0 bridgehead atoms. The molecule has 0 radical (unpaired) electrons. The number of nitrogens with zero attached hydrogens (tertiary/aromatic N) is 1. The van der Waals surface area contributed by atoms with Gasteiger partial charge in [0.2, 0.25) is 0 Å². The fourth-order valence-corrected chi connectivity index (χ4v) is 1.61. The van der Waals surface area contributed by atoms with Crippen LogP contribution in [-0.4, -0.2) is 5.78 Å². The summed E-state index contributed by atoms with van der Waals surface area (Å²) in [5.41, 5.74) is -1.15. The van der Waals surface area contributed by atoms with Gasteiger partial charge < -0.3 is 0 Å². The van der Waals surface area contributed by atoms with Crippen molar-refractivity contribution in [3.63, 3.8) is 0 Å². The Kier molecular flexibility index (Phi) is 3.56. The van der Waals surface area contributed by atoms with E-state index in [1.165, 1.54) is 13.0 Å². The van der Waals surface area contributed by atoms with Crippen LogP contribution in [0.15, 0.2) is 12.1 Å². The third-order valence-electron chi connectivity index (χ3n) is 2.44. The number of alkyl halides is 3. The summed E-state index contributed by atoms with van der Waals surface area (Å²) >= 11 is 0. The van der Waals surface area contributed by atoms with Crippen LogP contribution < -0.4 is 0 Å². The topological polar surface area (TPSA) is 40.9 Å². The summed E-state index contributed by atoms with van der Waals surface area (Å²) in [6.07, 6.45) is -4.46. The molecule has 0 saturated carbocycles. The Labute approximate surface area is 96.7 Å². The molecule has 0 unspecified atom stereocenters. The van der Waals surface area contributed by atoms with Crippen LogP contribution in [0, 0.1) is 11.3 Å². The molecule has 0 spiro atoms. The normalized spacial score (nSPS) is 11.1. The highest BCUT2D eigenvalue weighted by Crippen LogP contribution is 2.34. The van der Waals surface area contributed by atoms with Gasteiger partial charge in [0.1, 0.15) is 0 Å². The molecule has 0 aliphatic rings. The molecule has 0 aromatic heterocycles. The summed E-state index contributed by atoms with van der Waals surface area (Å²) < 4.78 is 38.3. The maximum absolute atomic E-state index is 12.8. The molecule has 17 heavy (non-hydrogen) atoms. The van der Waals surface area contributed by atoms with Crippen molar-refractivity contribution < 1.29 is 18.0 Å². The lowest BCUT2D eigenvalue weighted by Gasteiger charge is -2.14. The molecule has 0 amide bonds. The van der Waals surface area contributed by atoms with E-state index in [-0.39, 0.29) is 23.1 Å². The molecule has 0 heterocycles. The van der Waals surface area contributed by atoms with Gasteiger partial charge >= 0.3 is 6.18 Å². The average molecular weight is 241 g/mol. The molecule has 90 valence electrons. The largest absolute Gasteiger partial charge is 0.416 e. The number of benzene rings is 1. The molecule has 0 saturated heterocycles. The monoisotopic (exact) mass is 241 g/mol. The zero-order chi connectivity index (χ0) is 13.2. The lowest BCUT2D eigenvalue weighted by atomic mass is 9.95. The lowest BCUT2D eigenvalue weighted by Crippen LogP contribution is -2.12. The maximum Gasteiger partial charge on any atom is 0.416 e. The van der Waals surface area contributed by atoms with Crippen molar-refractivity contribution in [1.82, 2.24) is 0 Å². The van der Waals surface area contributed by atoms with Gasteiger partial charge in [0, 0.05) is 5.56 Å². The molecule has 0 N–H and O–H groups in total. The number of ketones is 1. The van der Waals surface area contributed by atoms with Crippen LogP contribution in [-0.2, 0) is 12.6 Å². The first-order valence-corrected chi connectivity index (χ1v) is 4.96. The molecular formula is C12H10F3NO. The van der Waals surface area contributed by atoms with Crippen molar-refractivity contribution in [3.05, 3.63) is 34.4 Å². The summed E-state index contributed by atoms with van der Waals surface area (Å²) in [5.74, 6) is -0.491. The third kappa shape index (κ3) is 2.64. The minimum absolute atomic E-state index is 0.0648. The Hall–Kier alpha value is -1.83. The molecule has 5 heteroatoms. The van der Waals surface area contributed by atoms with Crippen LogP contribution in [0.3, 0.4) is 0 Å². The molecule has 1 rings (SSSR count). The van der Waals surface area contributed by atoms with Gasteiger partial charge in [-0.2, -0.15) is 18.4 Å². The molecule has 2 nitrogen and oxygen atoms in total. The van der Waals surface area contributed by atoms with Crippen LogP contribution in [0.5, 0.6) is 0 Å². The first kappa shape index (κ1) is 13.2. The van der Waals surface area contributed by atoms with E-state index < -0.39 is 17.5 Å². The van der Waals surface area contributed by atoms with E-state index in [9.17, 15) is 18.0 Å². The van der Waals surface area contributed by atoms with Crippen molar-refractivity contribution in [1.29, 1.82) is 5.26 Å². The van der Waals surface area contributed by atoms with E-state index in [4.69, 9.17) is 5.26 Å². The first-order valence-electron chi connectivity index (χ1n) is 4.96. The van der Waals surface area contributed by atoms with E-state index in [1.54, 1.807) is 13.0 Å². The Morgan fingerprint density at radius 2 is 2.00 bits per heavy atom. The lowest BCUT2D eigenvalue weighted by molar-refractivity contribution is -0.138. The second kappa shape index (κ2) is 4.58. The summed E-state index contributed by atoms with van der Waals surface area (Å²) in [6, 6.07) is 3.71. The first-order chi connectivity index (χ1) is 7.81. The number of Topliss-reactive ketones (excluding diaryl/α,β-unsaturated/α-hetero) is 1. The van der Waals surface area contributed by atoms with Crippen molar-refractivity contribution in [2.24, 2.45) is 0 Å². The SMILES string of the molecule is CCc1c(C#N)cc(C(C)=O)cc1C(F)(F)F. The van der Waals surface area contributed by atoms with Crippen molar-refractivity contribution in [3.8, 4) is 6.07 Å². The highest BCUT2D eigenvalue weighted by molar-refractivity contribution is 5.94. The van der Waals surface area contributed by atoms with Crippen LogP contribution in [0.4, 0.5) is 13.2 Å². The second-order valence-electron chi connectivity index (χ2n) is 3.57. The summed E-state index contributed by atoms with van der Waals surface area (Å²) in [5, 5.41) is 8.82. The molecule has 1 aromatic rings. The van der Waals surface area contributed by atoms with Crippen LogP contribution >= 0.6 is 0 Å². The number of rotatable bonds is 2. The zero-order valence-corrected chi connectivity index (χ0v) is 9.35. The van der Waals surface area contributed by atoms with Gasteiger partial charge in [-0.05, 0) is 31.0 Å². The molecule has 0 atom stereocenters. The summed E-state index contributed by atoms with van der Waals surface area (Å²) in [4.78, 5) is 11.1. The van der Waals surface area contributed by atoms with Gasteiger partial charge in [-0.3, -0.25) is 4.79 Å². The van der Waals surface area contributed by atoms with Gasteiger partial charge in [0.25, 0.3) is 0 Å². The number of nitriles is 1. The van der Waals surface area contributed by atoms with Gasteiger partial charge in [0.15, 0.2) is 5.78 Å². The quantitative estimate of drug-likeness (QED) is 0.745. The fraction of sp³-hybridized carbons (Fsp3) is 0.333. The number of hydrogen-bond acceptors (Lipinski definition) is 2. The Balaban J connectivity index is 3.61. The highest BCUT2D eigenvalue weighted by Gasteiger charge is 2.34. The highest BCUT2D eigenvalue weighted by atomic mass is 19.4. The predicted molar refractivity (Wildman–Crippen MR) is 55.5 cm³/mol. The van der Waals surface area contributed by atoms with E-state index in [2.05, 4.69) is 0 Å². The van der Waals surface area contributed by atoms with Crippen molar-refractivity contribution in [2.45, 2.75) is 26.4 Å². The Bertz CT molecular complexity index is 498. The fourth-order valence-electron chi connectivity index (χ4n) is 1.61. The van der Waals surface area contributed by atoms with E-state index in [0.29, 0.717) is 0 Å². The van der Waals surface area contributed by atoms with E-state index in [0.717, 1.165) is 6.07 Å². The van der Waals surface area contributed by atoms with Crippen LogP contribution in [0.1, 0.15) is 40.9 Å². The Morgan fingerprint density at radius 1 is 1.41 bits per heavy atom. The standard InChI is InChI=1S/C12H10F3NO/c1-3-10-9(6-16)4-8(7(2)17)5-11(10)12(13,14)15/h4-5H,3H2,1-2H3. The number of carbonyl (C=O) groups excluding carboxylic acids is 1. The molecule has 0 aliphatic heterocycles. The summed E-state index contributed by atoms with van der Waals surface area (Å²) in [6.45, 7) is 2.71. The van der Waals surface area contributed by atoms with Crippen LogP contribution in [0.25, 0.3) is 0 Å². The van der Waals surface area contributed by atoms with E-state index in [1.807, 2.05) is 0 Å². The minimum Gasteiger partial charge on any atom is -0.295 e. The Morgan fingerprint density at radius 3 is 2.35 bits per heavy atom. The third-order valence-corrected chi connectivity index (χ3v) is 2.44. The number of carbonyl (C=O) groups is 1. The molecular weight excluding hydrogens is 231 g/mol. The van der Waals surface area contributed by atoms with Gasteiger partial charge in [-0.15, -0.1) is 0 Å². The van der Waals surface area contributed by atoms with Crippen LogP contribution in [0.2, 0.25) is 0 Å². The van der Waals surface area contributed by atoms with E-state index >= 15 is 0 Å².